The highest BCUT2D eigenvalue weighted by Crippen LogP contribution is 2.12. The zero-order valence-corrected chi connectivity index (χ0v) is 10.9. The van der Waals surface area contributed by atoms with Crippen LogP contribution in [0.2, 0.25) is 0 Å². The summed E-state index contributed by atoms with van der Waals surface area (Å²) in [7, 11) is 0. The summed E-state index contributed by atoms with van der Waals surface area (Å²) in [6, 6.07) is 3.74. The van der Waals surface area contributed by atoms with Gasteiger partial charge in [-0.05, 0) is 24.5 Å². The molecule has 1 aliphatic rings. The maximum Gasteiger partial charge on any atom is 0.249 e. The first-order valence-electron chi connectivity index (χ1n) is 6.52. The molecule has 20 heavy (non-hydrogen) atoms. The monoisotopic (exact) mass is 273 g/mol. The molecule has 0 radical (unpaired) electrons. The topological polar surface area (TPSA) is 81.9 Å². The van der Waals surface area contributed by atoms with Gasteiger partial charge in [0.15, 0.2) is 5.82 Å². The molecule has 0 unspecified atom stereocenters. The van der Waals surface area contributed by atoms with Crippen LogP contribution < -0.4 is 5.32 Å². The van der Waals surface area contributed by atoms with Crippen molar-refractivity contribution in [3.8, 4) is 5.82 Å². The third-order valence-corrected chi connectivity index (χ3v) is 3.15. The molecule has 3 heterocycles. The molecule has 1 amide bonds. The fourth-order valence-corrected chi connectivity index (χ4v) is 2.07. The van der Waals surface area contributed by atoms with E-state index in [4.69, 9.17) is 4.74 Å². The molecule has 2 aromatic rings. The number of pyridine rings is 1. The number of nitrogens with one attached hydrogen (secondary N) is 1. The molecule has 1 fully saturated rings. The van der Waals surface area contributed by atoms with Crippen molar-refractivity contribution in [2.24, 2.45) is 0 Å². The Kier molecular flexibility index (Phi) is 3.69. The summed E-state index contributed by atoms with van der Waals surface area (Å²) in [6.07, 6.45) is 6.21. The first-order chi connectivity index (χ1) is 9.83. The zero-order chi connectivity index (χ0) is 13.8. The molecule has 7 nitrogen and oxygen atoms in total. The second-order valence-electron chi connectivity index (χ2n) is 4.58. The summed E-state index contributed by atoms with van der Waals surface area (Å²) < 4.78 is 6.90. The van der Waals surface area contributed by atoms with E-state index in [2.05, 4.69) is 20.4 Å². The largest absolute Gasteiger partial charge is 0.368 e. The lowest BCUT2D eigenvalue weighted by Crippen LogP contribution is -2.33. The van der Waals surface area contributed by atoms with Crippen molar-refractivity contribution in [1.29, 1.82) is 0 Å². The fraction of sp³-hybridized carbons (Fsp3) is 0.385. The maximum atomic E-state index is 11.8. The van der Waals surface area contributed by atoms with Gasteiger partial charge in [0.25, 0.3) is 0 Å². The van der Waals surface area contributed by atoms with Crippen molar-refractivity contribution in [3.05, 3.63) is 36.5 Å². The molecule has 104 valence electrons. The Morgan fingerprint density at radius 2 is 2.45 bits per heavy atom. The summed E-state index contributed by atoms with van der Waals surface area (Å²) in [5.74, 6) is 0.638. The molecule has 3 rings (SSSR count). The third kappa shape index (κ3) is 2.83. The van der Waals surface area contributed by atoms with Crippen LogP contribution in [0.4, 0.5) is 0 Å². The van der Waals surface area contributed by atoms with Gasteiger partial charge in [-0.3, -0.25) is 4.79 Å². The summed E-state index contributed by atoms with van der Waals surface area (Å²) in [5.41, 5.74) is 0.931. The van der Waals surface area contributed by atoms with Crippen LogP contribution in [0.5, 0.6) is 0 Å². The number of aromatic nitrogens is 4. The molecule has 1 atom stereocenters. The minimum absolute atomic E-state index is 0.0529. The molecular formula is C13H15N5O2. The molecular weight excluding hydrogens is 258 g/mol. The van der Waals surface area contributed by atoms with Crippen LogP contribution in [0.1, 0.15) is 18.4 Å². The molecule has 0 saturated carbocycles. The summed E-state index contributed by atoms with van der Waals surface area (Å²) in [4.78, 5) is 19.9. The van der Waals surface area contributed by atoms with E-state index in [1.54, 1.807) is 17.2 Å². The van der Waals surface area contributed by atoms with E-state index in [9.17, 15) is 4.79 Å². The van der Waals surface area contributed by atoms with E-state index in [1.165, 1.54) is 6.33 Å². The fourth-order valence-electron chi connectivity index (χ4n) is 2.07. The lowest BCUT2D eigenvalue weighted by molar-refractivity contribution is -0.130. The van der Waals surface area contributed by atoms with Gasteiger partial charge in [-0.25, -0.2) is 14.6 Å². The Morgan fingerprint density at radius 3 is 3.10 bits per heavy atom. The first-order valence-corrected chi connectivity index (χ1v) is 6.52. The van der Waals surface area contributed by atoms with Crippen molar-refractivity contribution in [2.75, 3.05) is 6.61 Å². The summed E-state index contributed by atoms with van der Waals surface area (Å²) in [6.45, 7) is 1.12. The molecule has 0 bridgehead atoms. The standard InChI is InChI=1S/C13H15N5O2/c19-13(11-2-1-5-20-11)16-7-10-3-4-12(15-6-10)18-9-14-8-17-18/h3-4,6,8-9,11H,1-2,5,7H2,(H,16,19)/t11-/m1/s1. The second-order valence-corrected chi connectivity index (χ2v) is 4.58. The number of hydrogen-bond acceptors (Lipinski definition) is 5. The predicted molar refractivity (Wildman–Crippen MR) is 70.0 cm³/mol. The predicted octanol–water partition coefficient (Wildman–Crippen LogP) is 0.457. The van der Waals surface area contributed by atoms with Crippen LogP contribution in [0.25, 0.3) is 5.82 Å². The van der Waals surface area contributed by atoms with Gasteiger partial charge in [-0.1, -0.05) is 6.07 Å². The average Bonchev–Trinajstić information content (AvgIpc) is 3.18. The van der Waals surface area contributed by atoms with Crippen molar-refractivity contribution >= 4 is 5.91 Å². The Bertz CT molecular complexity index is 561. The number of amides is 1. The van der Waals surface area contributed by atoms with Crippen molar-refractivity contribution in [2.45, 2.75) is 25.5 Å². The van der Waals surface area contributed by atoms with Gasteiger partial charge in [-0.2, -0.15) is 5.10 Å². The van der Waals surface area contributed by atoms with Gasteiger partial charge in [0.2, 0.25) is 5.91 Å². The maximum absolute atomic E-state index is 11.8. The van der Waals surface area contributed by atoms with Gasteiger partial charge < -0.3 is 10.1 Å². The molecule has 0 aliphatic carbocycles. The first kappa shape index (κ1) is 12.7. The van der Waals surface area contributed by atoms with E-state index in [-0.39, 0.29) is 12.0 Å². The van der Waals surface area contributed by atoms with Gasteiger partial charge in [-0.15, -0.1) is 0 Å². The van der Waals surface area contributed by atoms with Gasteiger partial charge in [0, 0.05) is 19.3 Å². The van der Waals surface area contributed by atoms with E-state index in [1.807, 2.05) is 12.1 Å². The molecule has 0 aromatic carbocycles. The highest BCUT2D eigenvalue weighted by atomic mass is 16.5. The minimum atomic E-state index is -0.294. The highest BCUT2D eigenvalue weighted by molar-refractivity contribution is 5.80. The SMILES string of the molecule is O=C(NCc1ccc(-n2cncn2)nc1)[C@H]1CCCO1. The van der Waals surface area contributed by atoms with E-state index in [0.29, 0.717) is 19.0 Å². The van der Waals surface area contributed by atoms with Crippen LogP contribution in [0.15, 0.2) is 31.0 Å². The van der Waals surface area contributed by atoms with Crippen LogP contribution in [0, 0.1) is 0 Å². The van der Waals surface area contributed by atoms with Crippen LogP contribution >= 0.6 is 0 Å². The molecule has 1 N–H and O–H groups in total. The second kappa shape index (κ2) is 5.79. The summed E-state index contributed by atoms with van der Waals surface area (Å²) in [5, 5.41) is 6.86. The van der Waals surface area contributed by atoms with Gasteiger partial charge in [0.1, 0.15) is 18.8 Å². The number of carbonyl (C=O) groups is 1. The third-order valence-electron chi connectivity index (χ3n) is 3.15. The molecule has 1 saturated heterocycles. The summed E-state index contributed by atoms with van der Waals surface area (Å²) >= 11 is 0. The number of carbonyl (C=O) groups excluding carboxylic acids is 1. The number of nitrogens with zero attached hydrogens (tertiary/aromatic N) is 4. The minimum Gasteiger partial charge on any atom is -0.368 e. The van der Waals surface area contributed by atoms with E-state index >= 15 is 0 Å². The normalized spacial score (nSPS) is 18.1. The van der Waals surface area contributed by atoms with Crippen LogP contribution in [-0.4, -0.2) is 38.4 Å². The smallest absolute Gasteiger partial charge is 0.249 e. The number of hydrogen-bond donors (Lipinski definition) is 1. The Balaban J connectivity index is 1.57. The molecule has 1 aliphatic heterocycles. The van der Waals surface area contributed by atoms with Gasteiger partial charge in [0.05, 0.1) is 0 Å². The highest BCUT2D eigenvalue weighted by Gasteiger charge is 2.22. The van der Waals surface area contributed by atoms with Gasteiger partial charge >= 0.3 is 0 Å². The quantitative estimate of drug-likeness (QED) is 0.875. The number of ether oxygens (including phenoxy) is 1. The Morgan fingerprint density at radius 1 is 1.50 bits per heavy atom. The molecule has 7 heteroatoms. The average molecular weight is 273 g/mol. The van der Waals surface area contributed by atoms with Crippen LogP contribution in [0.3, 0.4) is 0 Å². The van der Waals surface area contributed by atoms with E-state index < -0.39 is 0 Å². The Labute approximate surface area is 116 Å². The van der Waals surface area contributed by atoms with Crippen molar-refractivity contribution in [3.63, 3.8) is 0 Å². The Hall–Kier alpha value is -2.28. The van der Waals surface area contributed by atoms with E-state index in [0.717, 1.165) is 18.4 Å². The molecule has 2 aromatic heterocycles. The zero-order valence-electron chi connectivity index (χ0n) is 10.9. The lowest BCUT2D eigenvalue weighted by Gasteiger charge is -2.10. The molecule has 0 spiro atoms. The number of rotatable bonds is 4. The van der Waals surface area contributed by atoms with Crippen molar-refractivity contribution < 1.29 is 9.53 Å². The van der Waals surface area contributed by atoms with Crippen molar-refractivity contribution in [1.82, 2.24) is 25.1 Å². The van der Waals surface area contributed by atoms with Crippen LogP contribution in [-0.2, 0) is 16.1 Å². The lowest BCUT2D eigenvalue weighted by atomic mass is 10.2.